The highest BCUT2D eigenvalue weighted by Gasteiger charge is 2.14. The van der Waals surface area contributed by atoms with E-state index in [1.54, 1.807) is 18.2 Å². The van der Waals surface area contributed by atoms with Crippen LogP contribution in [0.3, 0.4) is 0 Å². The number of aromatic amines is 1. The molecule has 0 radical (unpaired) electrons. The standard InChI is InChI=1S/C10H9N3O3/c1-2-3-6-4-5-7-8(12-13-11-7)9(6)16-10(14)15/h2,4-5H,1,3H2,(H,14,15)(H,11,12,13). The van der Waals surface area contributed by atoms with Crippen molar-refractivity contribution < 1.29 is 14.6 Å². The number of carbonyl (C=O) groups is 1. The Labute approximate surface area is 90.5 Å². The van der Waals surface area contributed by atoms with Gasteiger partial charge in [0, 0.05) is 5.56 Å². The fourth-order valence-corrected chi connectivity index (χ4v) is 1.45. The summed E-state index contributed by atoms with van der Waals surface area (Å²) in [5, 5.41) is 18.8. The van der Waals surface area contributed by atoms with Crippen LogP contribution in [0.15, 0.2) is 24.8 Å². The van der Waals surface area contributed by atoms with Gasteiger partial charge in [-0.05, 0) is 12.5 Å². The van der Waals surface area contributed by atoms with Crippen LogP contribution in [-0.4, -0.2) is 26.7 Å². The molecule has 0 aliphatic heterocycles. The minimum atomic E-state index is -1.37. The maximum atomic E-state index is 10.6. The molecule has 0 saturated carbocycles. The van der Waals surface area contributed by atoms with Crippen molar-refractivity contribution in [3.63, 3.8) is 0 Å². The molecule has 2 rings (SSSR count). The van der Waals surface area contributed by atoms with Crippen molar-refractivity contribution in [1.29, 1.82) is 0 Å². The van der Waals surface area contributed by atoms with E-state index in [1.807, 2.05) is 0 Å². The second kappa shape index (κ2) is 4.01. The van der Waals surface area contributed by atoms with Crippen molar-refractivity contribution in [2.75, 3.05) is 0 Å². The maximum absolute atomic E-state index is 10.6. The van der Waals surface area contributed by atoms with Gasteiger partial charge in [-0.1, -0.05) is 12.1 Å². The Morgan fingerprint density at radius 3 is 3.06 bits per heavy atom. The number of nitrogens with one attached hydrogen (secondary N) is 1. The van der Waals surface area contributed by atoms with Crippen LogP contribution in [0.2, 0.25) is 0 Å². The Kier molecular flexibility index (Phi) is 2.55. The van der Waals surface area contributed by atoms with E-state index in [0.29, 0.717) is 23.0 Å². The number of H-pyrrole nitrogens is 1. The van der Waals surface area contributed by atoms with E-state index in [-0.39, 0.29) is 5.75 Å². The van der Waals surface area contributed by atoms with Gasteiger partial charge in [-0.15, -0.1) is 6.58 Å². The van der Waals surface area contributed by atoms with Gasteiger partial charge >= 0.3 is 6.16 Å². The second-order valence-corrected chi connectivity index (χ2v) is 3.11. The summed E-state index contributed by atoms with van der Waals surface area (Å²) in [4.78, 5) is 10.6. The van der Waals surface area contributed by atoms with Crippen LogP contribution in [0.25, 0.3) is 11.0 Å². The molecule has 0 fully saturated rings. The minimum absolute atomic E-state index is 0.207. The lowest BCUT2D eigenvalue weighted by Crippen LogP contribution is -2.05. The van der Waals surface area contributed by atoms with Gasteiger partial charge in [0.1, 0.15) is 5.52 Å². The molecule has 16 heavy (non-hydrogen) atoms. The molecule has 0 aliphatic rings. The molecule has 2 aromatic rings. The molecule has 1 aromatic carbocycles. The Hall–Kier alpha value is -2.37. The van der Waals surface area contributed by atoms with Crippen molar-refractivity contribution in [1.82, 2.24) is 15.4 Å². The predicted molar refractivity (Wildman–Crippen MR) is 56.4 cm³/mol. The van der Waals surface area contributed by atoms with E-state index < -0.39 is 6.16 Å². The van der Waals surface area contributed by atoms with Crippen LogP contribution in [-0.2, 0) is 6.42 Å². The van der Waals surface area contributed by atoms with Crippen LogP contribution in [0.5, 0.6) is 5.75 Å². The molecular weight excluding hydrogens is 210 g/mol. The summed E-state index contributed by atoms with van der Waals surface area (Å²) < 4.78 is 4.72. The molecule has 0 spiro atoms. The molecule has 0 saturated heterocycles. The fourth-order valence-electron chi connectivity index (χ4n) is 1.45. The van der Waals surface area contributed by atoms with E-state index in [0.717, 1.165) is 0 Å². The zero-order valence-electron chi connectivity index (χ0n) is 8.30. The first-order chi connectivity index (χ1) is 7.72. The summed E-state index contributed by atoms with van der Waals surface area (Å²) in [5.74, 6) is 0.207. The van der Waals surface area contributed by atoms with Crippen LogP contribution in [0.1, 0.15) is 5.56 Å². The lowest BCUT2D eigenvalue weighted by Gasteiger charge is -2.05. The third-order valence-electron chi connectivity index (χ3n) is 2.08. The summed E-state index contributed by atoms with van der Waals surface area (Å²) in [7, 11) is 0. The summed E-state index contributed by atoms with van der Waals surface area (Å²) >= 11 is 0. The molecule has 6 heteroatoms. The normalized spacial score (nSPS) is 10.2. The monoisotopic (exact) mass is 219 g/mol. The predicted octanol–water partition coefficient (Wildman–Crippen LogP) is 1.74. The molecule has 0 aliphatic carbocycles. The molecular formula is C10H9N3O3. The van der Waals surface area contributed by atoms with Crippen molar-refractivity contribution in [3.05, 3.63) is 30.4 Å². The zero-order valence-corrected chi connectivity index (χ0v) is 8.30. The van der Waals surface area contributed by atoms with Gasteiger partial charge in [0.05, 0.1) is 0 Å². The van der Waals surface area contributed by atoms with Crippen molar-refractivity contribution >= 4 is 17.2 Å². The molecule has 6 nitrogen and oxygen atoms in total. The average molecular weight is 219 g/mol. The highest BCUT2D eigenvalue weighted by molar-refractivity contribution is 5.84. The number of hydrogen-bond acceptors (Lipinski definition) is 4. The van der Waals surface area contributed by atoms with E-state index in [4.69, 9.17) is 9.84 Å². The highest BCUT2D eigenvalue weighted by atomic mass is 16.7. The largest absolute Gasteiger partial charge is 0.511 e. The molecule has 1 aromatic heterocycles. The van der Waals surface area contributed by atoms with Gasteiger partial charge < -0.3 is 9.84 Å². The quantitative estimate of drug-likeness (QED) is 0.466. The van der Waals surface area contributed by atoms with Gasteiger partial charge in [-0.25, -0.2) is 4.79 Å². The molecule has 0 amide bonds. The van der Waals surface area contributed by atoms with Gasteiger partial charge in [0.15, 0.2) is 11.3 Å². The summed E-state index contributed by atoms with van der Waals surface area (Å²) in [6.07, 6.45) is 0.794. The van der Waals surface area contributed by atoms with E-state index in [9.17, 15) is 4.79 Å². The summed E-state index contributed by atoms with van der Waals surface area (Å²) in [6, 6.07) is 3.48. The Bertz CT molecular complexity index is 547. The van der Waals surface area contributed by atoms with Crippen molar-refractivity contribution in [3.8, 4) is 5.75 Å². The van der Waals surface area contributed by atoms with Crippen LogP contribution in [0.4, 0.5) is 4.79 Å². The number of benzene rings is 1. The molecule has 82 valence electrons. The highest BCUT2D eigenvalue weighted by Crippen LogP contribution is 2.27. The van der Waals surface area contributed by atoms with Gasteiger partial charge in [-0.3, -0.25) is 0 Å². The lowest BCUT2D eigenvalue weighted by atomic mass is 10.1. The lowest BCUT2D eigenvalue weighted by molar-refractivity contribution is 0.144. The van der Waals surface area contributed by atoms with Crippen LogP contribution >= 0.6 is 0 Å². The Morgan fingerprint density at radius 1 is 1.56 bits per heavy atom. The molecule has 2 N–H and O–H groups in total. The molecule has 1 heterocycles. The number of nitrogens with zero attached hydrogens (tertiary/aromatic N) is 2. The van der Waals surface area contributed by atoms with E-state index >= 15 is 0 Å². The first-order valence-corrected chi connectivity index (χ1v) is 4.56. The topological polar surface area (TPSA) is 88.1 Å². The number of fused-ring (bicyclic) bond motifs is 1. The fraction of sp³-hybridized carbons (Fsp3) is 0.100. The molecule has 0 atom stereocenters. The SMILES string of the molecule is C=CCc1ccc2n[nH]nc2c1OC(=O)O. The number of ether oxygens (including phenoxy) is 1. The smallest absolute Gasteiger partial charge is 0.449 e. The molecule has 0 unspecified atom stereocenters. The van der Waals surface area contributed by atoms with E-state index in [2.05, 4.69) is 22.0 Å². The third kappa shape index (κ3) is 1.72. The minimum Gasteiger partial charge on any atom is -0.449 e. The number of hydrogen-bond donors (Lipinski definition) is 2. The number of rotatable bonds is 3. The molecule has 0 bridgehead atoms. The van der Waals surface area contributed by atoms with E-state index in [1.165, 1.54) is 0 Å². The third-order valence-corrected chi connectivity index (χ3v) is 2.08. The van der Waals surface area contributed by atoms with Gasteiger partial charge in [-0.2, -0.15) is 15.4 Å². The first-order valence-electron chi connectivity index (χ1n) is 4.56. The number of aromatic nitrogens is 3. The summed E-state index contributed by atoms with van der Waals surface area (Å²) in [5.41, 5.74) is 1.67. The number of allylic oxidation sites excluding steroid dienone is 1. The summed E-state index contributed by atoms with van der Waals surface area (Å²) in [6.45, 7) is 3.60. The van der Waals surface area contributed by atoms with Crippen LogP contribution < -0.4 is 4.74 Å². The Balaban J connectivity index is 2.59. The van der Waals surface area contributed by atoms with Crippen molar-refractivity contribution in [2.45, 2.75) is 6.42 Å². The number of carboxylic acid groups (broad SMARTS) is 1. The Morgan fingerprint density at radius 2 is 2.38 bits per heavy atom. The van der Waals surface area contributed by atoms with Gasteiger partial charge in [0.2, 0.25) is 0 Å². The van der Waals surface area contributed by atoms with Crippen LogP contribution in [0, 0.1) is 0 Å². The van der Waals surface area contributed by atoms with Crippen molar-refractivity contribution in [2.24, 2.45) is 0 Å². The first kappa shape index (κ1) is 10.2. The average Bonchev–Trinajstić information content (AvgIpc) is 2.69. The maximum Gasteiger partial charge on any atom is 0.511 e. The zero-order chi connectivity index (χ0) is 11.5. The van der Waals surface area contributed by atoms with Gasteiger partial charge in [0.25, 0.3) is 0 Å². The second-order valence-electron chi connectivity index (χ2n) is 3.11.